The summed E-state index contributed by atoms with van der Waals surface area (Å²) in [7, 11) is 0. The summed E-state index contributed by atoms with van der Waals surface area (Å²) in [5, 5.41) is 17.2. The Balaban J connectivity index is 1.81. The molecule has 0 aliphatic heterocycles. The number of hydrogen-bond donors (Lipinski definition) is 4. The Hall–Kier alpha value is -3.35. The van der Waals surface area contributed by atoms with Crippen LogP contribution in [0.3, 0.4) is 0 Å². The summed E-state index contributed by atoms with van der Waals surface area (Å²) in [4.78, 5) is 34.8. The molecule has 0 aliphatic carbocycles. The van der Waals surface area contributed by atoms with Gasteiger partial charge < -0.3 is 21.1 Å². The number of carboxylic acids is 1. The first kappa shape index (κ1) is 21.0. The van der Waals surface area contributed by atoms with Gasteiger partial charge in [-0.3, -0.25) is 4.79 Å². The maximum absolute atomic E-state index is 12.0. The van der Waals surface area contributed by atoms with E-state index >= 15 is 0 Å². The van der Waals surface area contributed by atoms with E-state index in [9.17, 15) is 14.4 Å². The number of carboxylic acid groups (broad SMARTS) is 1. The number of rotatable bonds is 8. The third-order valence-electron chi connectivity index (χ3n) is 4.36. The van der Waals surface area contributed by atoms with E-state index in [0.717, 1.165) is 17.5 Å². The summed E-state index contributed by atoms with van der Waals surface area (Å²) >= 11 is 0. The van der Waals surface area contributed by atoms with Crippen LogP contribution in [0, 0.1) is 5.92 Å². The first-order valence-electron chi connectivity index (χ1n) is 9.12. The van der Waals surface area contributed by atoms with Gasteiger partial charge in [0.1, 0.15) is 0 Å². The summed E-state index contributed by atoms with van der Waals surface area (Å²) < 4.78 is 0. The zero-order chi connectivity index (χ0) is 20.5. The third kappa shape index (κ3) is 6.42. The lowest BCUT2D eigenvalue weighted by Crippen LogP contribution is -2.34. The fourth-order valence-corrected chi connectivity index (χ4v) is 2.40. The molecule has 7 nitrogen and oxygen atoms in total. The van der Waals surface area contributed by atoms with E-state index in [4.69, 9.17) is 5.11 Å². The molecule has 0 radical (unpaired) electrons. The van der Waals surface area contributed by atoms with Crippen molar-refractivity contribution >= 4 is 23.6 Å². The standard InChI is InChI=1S/C21H25N3O4/c1-3-14(2)19(25)24-18-6-4-5-16(11-18)13-23-21(28)22-12-15-7-9-17(10-8-15)20(26)27/h4-11,14H,3,12-13H2,1-2H3,(H,24,25)(H,26,27)(H2,22,23,28). The summed E-state index contributed by atoms with van der Waals surface area (Å²) in [6, 6.07) is 13.3. The van der Waals surface area contributed by atoms with Crippen LogP contribution in [-0.4, -0.2) is 23.0 Å². The van der Waals surface area contributed by atoms with Gasteiger partial charge in [-0.2, -0.15) is 0 Å². The smallest absolute Gasteiger partial charge is 0.335 e. The van der Waals surface area contributed by atoms with Crippen molar-refractivity contribution in [3.63, 3.8) is 0 Å². The number of amides is 3. The molecule has 2 rings (SSSR count). The van der Waals surface area contributed by atoms with Gasteiger partial charge in [-0.15, -0.1) is 0 Å². The Morgan fingerprint density at radius 3 is 2.21 bits per heavy atom. The molecule has 7 heteroatoms. The molecule has 4 N–H and O–H groups in total. The minimum atomic E-state index is -0.986. The highest BCUT2D eigenvalue weighted by Crippen LogP contribution is 2.13. The molecule has 28 heavy (non-hydrogen) atoms. The summed E-state index contributed by atoms with van der Waals surface area (Å²) in [5.74, 6) is -1.07. The van der Waals surface area contributed by atoms with Gasteiger partial charge in [0.25, 0.3) is 0 Å². The van der Waals surface area contributed by atoms with E-state index in [-0.39, 0.29) is 30.0 Å². The Labute approximate surface area is 164 Å². The number of carbonyl (C=O) groups is 3. The Morgan fingerprint density at radius 2 is 1.61 bits per heavy atom. The van der Waals surface area contributed by atoms with Crippen LogP contribution >= 0.6 is 0 Å². The number of carbonyl (C=O) groups excluding carboxylic acids is 2. The van der Waals surface area contributed by atoms with E-state index < -0.39 is 5.97 Å². The second-order valence-electron chi connectivity index (χ2n) is 6.54. The van der Waals surface area contributed by atoms with Gasteiger partial charge in [-0.25, -0.2) is 9.59 Å². The van der Waals surface area contributed by atoms with Gasteiger partial charge in [0.05, 0.1) is 5.56 Å². The third-order valence-corrected chi connectivity index (χ3v) is 4.36. The molecule has 0 bridgehead atoms. The molecule has 0 saturated heterocycles. The minimum absolute atomic E-state index is 0.0285. The number of urea groups is 1. The first-order chi connectivity index (χ1) is 13.4. The van der Waals surface area contributed by atoms with Crippen molar-refractivity contribution in [2.24, 2.45) is 5.92 Å². The van der Waals surface area contributed by atoms with Gasteiger partial charge in [0.15, 0.2) is 0 Å². The normalized spacial score (nSPS) is 11.4. The van der Waals surface area contributed by atoms with Gasteiger partial charge in [-0.1, -0.05) is 38.1 Å². The number of hydrogen-bond acceptors (Lipinski definition) is 3. The second-order valence-corrected chi connectivity index (χ2v) is 6.54. The molecule has 0 aromatic heterocycles. The van der Waals surface area contributed by atoms with Crippen LogP contribution in [0.1, 0.15) is 41.8 Å². The number of benzene rings is 2. The lowest BCUT2D eigenvalue weighted by Gasteiger charge is -2.12. The first-order valence-corrected chi connectivity index (χ1v) is 9.12. The van der Waals surface area contributed by atoms with E-state index in [0.29, 0.717) is 12.2 Å². The zero-order valence-corrected chi connectivity index (χ0v) is 16.0. The van der Waals surface area contributed by atoms with Crippen molar-refractivity contribution in [2.75, 3.05) is 5.32 Å². The molecule has 0 heterocycles. The molecule has 0 saturated carbocycles. The topological polar surface area (TPSA) is 108 Å². The summed E-state index contributed by atoms with van der Waals surface area (Å²) in [6.07, 6.45) is 0.770. The molecule has 0 aliphatic rings. The van der Waals surface area contributed by atoms with Gasteiger partial charge in [0.2, 0.25) is 5.91 Å². The highest BCUT2D eigenvalue weighted by atomic mass is 16.4. The Morgan fingerprint density at radius 1 is 0.964 bits per heavy atom. The van der Waals surface area contributed by atoms with E-state index in [2.05, 4.69) is 16.0 Å². The number of nitrogens with one attached hydrogen (secondary N) is 3. The van der Waals surface area contributed by atoms with Gasteiger partial charge in [-0.05, 0) is 41.8 Å². The average molecular weight is 383 g/mol. The summed E-state index contributed by atoms with van der Waals surface area (Å²) in [6.45, 7) is 4.44. The maximum atomic E-state index is 12.0. The van der Waals surface area contributed by atoms with Gasteiger partial charge >= 0.3 is 12.0 Å². The second kappa shape index (κ2) is 10.1. The van der Waals surface area contributed by atoms with Crippen molar-refractivity contribution in [2.45, 2.75) is 33.4 Å². The SMILES string of the molecule is CCC(C)C(=O)Nc1cccc(CNC(=O)NCc2ccc(C(=O)O)cc2)c1. The van der Waals surface area contributed by atoms with Crippen LogP contribution in [0.5, 0.6) is 0 Å². The quantitative estimate of drug-likeness (QED) is 0.560. The predicted molar refractivity (Wildman–Crippen MR) is 107 cm³/mol. The van der Waals surface area contributed by atoms with Crippen LogP contribution in [0.2, 0.25) is 0 Å². The lowest BCUT2D eigenvalue weighted by molar-refractivity contribution is -0.119. The van der Waals surface area contributed by atoms with E-state index in [1.165, 1.54) is 12.1 Å². The van der Waals surface area contributed by atoms with Crippen LogP contribution < -0.4 is 16.0 Å². The molecule has 0 spiro atoms. The van der Waals surface area contributed by atoms with Crippen LogP contribution in [-0.2, 0) is 17.9 Å². The molecule has 1 unspecified atom stereocenters. The van der Waals surface area contributed by atoms with Crippen molar-refractivity contribution in [1.29, 1.82) is 0 Å². The van der Waals surface area contributed by atoms with Crippen molar-refractivity contribution in [3.8, 4) is 0 Å². The Bertz CT molecular complexity index is 834. The highest BCUT2D eigenvalue weighted by molar-refractivity contribution is 5.92. The highest BCUT2D eigenvalue weighted by Gasteiger charge is 2.10. The molecule has 148 valence electrons. The largest absolute Gasteiger partial charge is 0.478 e. The fraction of sp³-hybridized carbons (Fsp3) is 0.286. The van der Waals surface area contributed by atoms with Crippen molar-refractivity contribution in [1.82, 2.24) is 10.6 Å². The van der Waals surface area contributed by atoms with Gasteiger partial charge in [0, 0.05) is 24.7 Å². The lowest BCUT2D eigenvalue weighted by atomic mass is 10.1. The minimum Gasteiger partial charge on any atom is -0.478 e. The monoisotopic (exact) mass is 383 g/mol. The molecular formula is C21H25N3O4. The average Bonchev–Trinajstić information content (AvgIpc) is 2.70. The van der Waals surface area contributed by atoms with Crippen LogP contribution in [0.15, 0.2) is 48.5 Å². The predicted octanol–water partition coefficient (Wildman–Crippen LogP) is 3.37. The fourth-order valence-electron chi connectivity index (χ4n) is 2.40. The Kier molecular flexibility index (Phi) is 7.56. The molecule has 1 atom stereocenters. The van der Waals surface area contributed by atoms with Crippen molar-refractivity contribution in [3.05, 3.63) is 65.2 Å². The number of anilines is 1. The number of aromatic carboxylic acids is 1. The summed E-state index contributed by atoms with van der Waals surface area (Å²) in [5.41, 5.74) is 2.56. The van der Waals surface area contributed by atoms with Crippen molar-refractivity contribution < 1.29 is 19.5 Å². The van der Waals surface area contributed by atoms with Crippen LogP contribution in [0.25, 0.3) is 0 Å². The molecule has 2 aromatic rings. The molecule has 2 aromatic carbocycles. The van der Waals surface area contributed by atoms with Crippen LogP contribution in [0.4, 0.5) is 10.5 Å². The van der Waals surface area contributed by atoms with E-state index in [1.54, 1.807) is 12.1 Å². The van der Waals surface area contributed by atoms with E-state index in [1.807, 2.05) is 38.1 Å². The molecule has 3 amide bonds. The maximum Gasteiger partial charge on any atom is 0.335 e. The molecule has 0 fully saturated rings. The molecular weight excluding hydrogens is 358 g/mol. The zero-order valence-electron chi connectivity index (χ0n) is 16.0.